The Labute approximate surface area is 183 Å². The minimum Gasteiger partial charge on any atom is -0.411 e. The molecule has 0 bridgehead atoms. The van der Waals surface area contributed by atoms with Crippen molar-refractivity contribution in [2.24, 2.45) is 46.1 Å². The van der Waals surface area contributed by atoms with E-state index in [0.29, 0.717) is 43.3 Å². The van der Waals surface area contributed by atoms with E-state index >= 15 is 0 Å². The molecule has 0 saturated heterocycles. The molecule has 4 saturated carbocycles. The molecule has 0 unspecified atom stereocenters. The van der Waals surface area contributed by atoms with E-state index in [-0.39, 0.29) is 5.92 Å². The predicted octanol–water partition coefficient (Wildman–Crippen LogP) is 5.81. The number of alkyl halides is 3. The zero-order valence-corrected chi connectivity index (χ0v) is 18.8. The number of aliphatic hydroxyl groups is 1. The van der Waals surface area contributed by atoms with Crippen molar-refractivity contribution in [1.82, 2.24) is 0 Å². The average Bonchev–Trinajstić information content (AvgIpc) is 3.04. The van der Waals surface area contributed by atoms with Crippen molar-refractivity contribution in [1.29, 1.82) is 0 Å². The highest BCUT2D eigenvalue weighted by Crippen LogP contribution is 2.65. The normalized spacial score (nSPS) is 45.7. The number of halogens is 3. The molecule has 4 nitrogen and oxygen atoms in total. The average molecular weight is 446 g/mol. The van der Waals surface area contributed by atoms with Crippen LogP contribution in [0.15, 0.2) is 5.16 Å². The van der Waals surface area contributed by atoms with Crippen LogP contribution in [0.1, 0.15) is 78.1 Å². The van der Waals surface area contributed by atoms with Crippen LogP contribution in [0.4, 0.5) is 13.2 Å². The van der Waals surface area contributed by atoms with Gasteiger partial charge in [0.05, 0.1) is 12.2 Å². The first kappa shape index (κ1) is 23.3. The fourth-order valence-corrected chi connectivity index (χ4v) is 8.27. The fraction of sp³-hybridized carbons (Fsp3) is 0.958. The van der Waals surface area contributed by atoms with Gasteiger partial charge in [0.2, 0.25) is 0 Å². The maximum Gasteiger partial charge on any atom is 0.432 e. The van der Waals surface area contributed by atoms with Crippen molar-refractivity contribution < 1.29 is 28.2 Å². The maximum atomic E-state index is 13.5. The Balaban J connectivity index is 1.46. The Bertz CT molecular complexity index is 683. The number of nitrogens with zero attached hydrogens (tertiary/aromatic N) is 1. The molecule has 0 heterocycles. The number of oxime groups is 1. The summed E-state index contributed by atoms with van der Waals surface area (Å²) in [6.07, 6.45) is 4.02. The van der Waals surface area contributed by atoms with Gasteiger partial charge in [-0.25, -0.2) is 0 Å². The highest BCUT2D eigenvalue weighted by molar-refractivity contribution is 5.92. The number of fused-ring (bicyclic) bond motifs is 5. The summed E-state index contributed by atoms with van der Waals surface area (Å²) in [5.74, 6) is 1.65. The fourth-order valence-electron chi connectivity index (χ4n) is 8.27. The molecule has 2 N–H and O–H groups in total. The molecule has 4 fully saturated rings. The largest absolute Gasteiger partial charge is 0.432 e. The van der Waals surface area contributed by atoms with Crippen LogP contribution in [-0.2, 0) is 4.74 Å². The SMILES string of the molecule is CCCOC[C@@]1(O)CC[C@H]2[C@H](CC[C@@H]3[C@@H]2CC[C@]2(C)[C@@H](/C(=N\O)C(F)(F)F)CC[C@@H]32)C1. The maximum absolute atomic E-state index is 13.5. The Morgan fingerprint density at radius 1 is 1.03 bits per heavy atom. The quantitative estimate of drug-likeness (QED) is 0.243. The van der Waals surface area contributed by atoms with Crippen molar-refractivity contribution in [2.75, 3.05) is 13.2 Å². The third kappa shape index (κ3) is 4.14. The predicted molar refractivity (Wildman–Crippen MR) is 112 cm³/mol. The molecule has 0 radical (unpaired) electrons. The van der Waals surface area contributed by atoms with E-state index < -0.39 is 28.8 Å². The zero-order chi connectivity index (χ0) is 22.4. The van der Waals surface area contributed by atoms with Gasteiger partial charge < -0.3 is 15.1 Å². The summed E-state index contributed by atoms with van der Waals surface area (Å²) in [6.45, 7) is 5.18. The Morgan fingerprint density at radius 2 is 1.77 bits per heavy atom. The van der Waals surface area contributed by atoms with E-state index in [4.69, 9.17) is 4.74 Å². The number of rotatable bonds is 5. The van der Waals surface area contributed by atoms with Crippen LogP contribution < -0.4 is 0 Å². The lowest BCUT2D eigenvalue weighted by molar-refractivity contribution is -0.128. The Kier molecular flexibility index (Phi) is 6.41. The smallest absolute Gasteiger partial charge is 0.411 e. The highest BCUT2D eigenvalue weighted by atomic mass is 19.4. The van der Waals surface area contributed by atoms with Crippen LogP contribution in [0, 0.1) is 40.9 Å². The van der Waals surface area contributed by atoms with Gasteiger partial charge in [0.25, 0.3) is 0 Å². The molecular formula is C24H38F3NO3. The second-order valence-electron chi connectivity index (χ2n) is 11.1. The van der Waals surface area contributed by atoms with E-state index in [2.05, 4.69) is 12.1 Å². The van der Waals surface area contributed by atoms with Crippen molar-refractivity contribution in [2.45, 2.75) is 89.8 Å². The first-order valence-electron chi connectivity index (χ1n) is 12.2. The molecule has 7 heteroatoms. The van der Waals surface area contributed by atoms with Gasteiger partial charge in [0.15, 0.2) is 5.71 Å². The summed E-state index contributed by atoms with van der Waals surface area (Å²) < 4.78 is 46.2. The van der Waals surface area contributed by atoms with Gasteiger partial charge in [-0.1, -0.05) is 19.0 Å². The lowest BCUT2D eigenvalue weighted by atomic mass is 9.49. The summed E-state index contributed by atoms with van der Waals surface area (Å²) in [7, 11) is 0. The van der Waals surface area contributed by atoms with Gasteiger partial charge in [-0.2, -0.15) is 13.2 Å². The van der Waals surface area contributed by atoms with Crippen LogP contribution >= 0.6 is 0 Å². The van der Waals surface area contributed by atoms with E-state index in [1.807, 2.05) is 6.92 Å². The summed E-state index contributed by atoms with van der Waals surface area (Å²) >= 11 is 0. The van der Waals surface area contributed by atoms with Gasteiger partial charge in [-0.05, 0) is 99.2 Å². The van der Waals surface area contributed by atoms with E-state index in [1.54, 1.807) is 0 Å². The third-order valence-electron chi connectivity index (χ3n) is 9.55. The molecule has 4 aliphatic carbocycles. The van der Waals surface area contributed by atoms with Crippen molar-refractivity contribution in [3.8, 4) is 0 Å². The molecule has 4 rings (SSSR count). The minimum atomic E-state index is -4.57. The Morgan fingerprint density at radius 3 is 2.45 bits per heavy atom. The van der Waals surface area contributed by atoms with Crippen molar-refractivity contribution in [3.63, 3.8) is 0 Å². The second-order valence-corrected chi connectivity index (χ2v) is 11.1. The molecule has 0 aromatic heterocycles. The first-order chi connectivity index (χ1) is 14.6. The molecule has 178 valence electrons. The number of ether oxygens (including phenoxy) is 1. The van der Waals surface area contributed by atoms with E-state index in [0.717, 1.165) is 57.8 Å². The summed E-state index contributed by atoms with van der Waals surface area (Å²) in [5, 5.41) is 23.0. The molecule has 4 aliphatic rings. The zero-order valence-electron chi connectivity index (χ0n) is 18.8. The molecular weight excluding hydrogens is 407 g/mol. The van der Waals surface area contributed by atoms with Gasteiger partial charge >= 0.3 is 6.18 Å². The molecule has 0 aromatic carbocycles. The number of hydrogen-bond acceptors (Lipinski definition) is 4. The van der Waals surface area contributed by atoms with Gasteiger partial charge in [-0.15, -0.1) is 0 Å². The summed E-state index contributed by atoms with van der Waals surface area (Å²) in [4.78, 5) is 0. The van der Waals surface area contributed by atoms with Crippen LogP contribution in [0.2, 0.25) is 0 Å². The van der Waals surface area contributed by atoms with Gasteiger partial charge in [0, 0.05) is 12.5 Å². The number of hydrogen-bond donors (Lipinski definition) is 2. The third-order valence-corrected chi connectivity index (χ3v) is 9.55. The summed E-state index contributed by atoms with van der Waals surface area (Å²) in [6, 6.07) is 0. The molecule has 0 spiro atoms. The van der Waals surface area contributed by atoms with Gasteiger partial charge in [-0.3, -0.25) is 0 Å². The van der Waals surface area contributed by atoms with Crippen LogP contribution in [-0.4, -0.2) is 41.0 Å². The standard InChI is InChI=1S/C24H38F3NO3/c1-3-12-31-14-23(29)11-9-16-15(13-23)4-5-18-17(16)8-10-22(2)19(18)6-7-20(22)21(28-30)24(25,26)27/h15-20,29-30H,3-14H2,1-2H3/b28-21+/t15-,16+,17-,18-,19+,20-,22+,23-/m1/s1. The van der Waals surface area contributed by atoms with Crippen LogP contribution in [0.3, 0.4) is 0 Å². The second kappa shape index (κ2) is 8.51. The van der Waals surface area contributed by atoms with E-state index in [9.17, 15) is 23.5 Å². The molecule has 0 aliphatic heterocycles. The summed E-state index contributed by atoms with van der Waals surface area (Å²) in [5.41, 5.74) is -2.13. The Hall–Kier alpha value is -0.820. The monoisotopic (exact) mass is 445 g/mol. The first-order valence-corrected chi connectivity index (χ1v) is 12.2. The highest BCUT2D eigenvalue weighted by Gasteiger charge is 2.61. The molecule has 8 atom stereocenters. The molecule has 0 amide bonds. The van der Waals surface area contributed by atoms with Crippen molar-refractivity contribution in [3.05, 3.63) is 0 Å². The lowest BCUT2D eigenvalue weighted by Gasteiger charge is -2.57. The molecule has 31 heavy (non-hydrogen) atoms. The lowest BCUT2D eigenvalue weighted by Crippen LogP contribution is -2.52. The van der Waals surface area contributed by atoms with E-state index in [1.165, 1.54) is 0 Å². The van der Waals surface area contributed by atoms with Crippen molar-refractivity contribution >= 4 is 5.71 Å². The van der Waals surface area contributed by atoms with Crippen LogP contribution in [0.5, 0.6) is 0 Å². The topological polar surface area (TPSA) is 62.0 Å². The van der Waals surface area contributed by atoms with Gasteiger partial charge in [0.1, 0.15) is 0 Å². The minimum absolute atomic E-state index is 0.269. The van der Waals surface area contributed by atoms with Crippen LogP contribution in [0.25, 0.3) is 0 Å². The molecule has 0 aromatic rings.